The maximum atomic E-state index is 11.2. The van der Waals surface area contributed by atoms with Gasteiger partial charge in [-0.2, -0.15) is 8.42 Å². The molecular formula is C15H15NO7S. The third kappa shape index (κ3) is 5.14. The van der Waals surface area contributed by atoms with E-state index in [4.69, 9.17) is 15.4 Å². The number of hydrogen-bond acceptors (Lipinski definition) is 5. The summed E-state index contributed by atoms with van der Waals surface area (Å²) in [5.74, 6) is -2.02. The third-order valence-corrected chi connectivity index (χ3v) is 3.74. The molecule has 2 rings (SSSR count). The molecule has 24 heavy (non-hydrogen) atoms. The average molecular weight is 353 g/mol. The van der Waals surface area contributed by atoms with Crippen LogP contribution >= 0.6 is 0 Å². The second-order valence-corrected chi connectivity index (χ2v) is 6.16. The van der Waals surface area contributed by atoms with Crippen LogP contribution in [0.25, 0.3) is 10.8 Å². The molecule has 0 saturated carbocycles. The molecule has 0 heterocycles. The van der Waals surface area contributed by atoms with Crippen LogP contribution < -0.4 is 5.73 Å². The lowest BCUT2D eigenvalue weighted by atomic mass is 10.0. The summed E-state index contributed by atoms with van der Waals surface area (Å²) in [4.78, 5) is 30.4. The Hall–Kier alpha value is -2.78. The highest BCUT2D eigenvalue weighted by Gasteiger charge is 2.16. The van der Waals surface area contributed by atoms with Crippen LogP contribution in [0.3, 0.4) is 0 Å². The van der Waals surface area contributed by atoms with Gasteiger partial charge in [-0.1, -0.05) is 24.3 Å². The number of carbonyl (C=O) groups excluding carboxylic acids is 2. The number of carboxylic acid groups (broad SMARTS) is 1. The lowest BCUT2D eigenvalue weighted by Crippen LogP contribution is -2.12. The SMILES string of the molecule is CC(=O)CC(=O)O.NC(=O)c1ccc(S(=O)(=O)O)c2ccccc12. The predicted molar refractivity (Wildman–Crippen MR) is 85.2 cm³/mol. The maximum absolute atomic E-state index is 11.2. The van der Waals surface area contributed by atoms with Crippen molar-refractivity contribution >= 4 is 38.6 Å². The predicted octanol–water partition coefficient (Wildman–Crippen LogP) is 1.24. The van der Waals surface area contributed by atoms with Crippen LogP contribution in [0.15, 0.2) is 41.3 Å². The van der Waals surface area contributed by atoms with Gasteiger partial charge in [0.25, 0.3) is 10.1 Å². The summed E-state index contributed by atoms with van der Waals surface area (Å²) in [7, 11) is -4.32. The number of fused-ring (bicyclic) bond motifs is 1. The number of primary amides is 1. The molecule has 0 radical (unpaired) electrons. The van der Waals surface area contributed by atoms with Crippen molar-refractivity contribution in [2.75, 3.05) is 0 Å². The molecule has 1 amide bonds. The van der Waals surface area contributed by atoms with Crippen LogP contribution in [0.1, 0.15) is 23.7 Å². The van der Waals surface area contributed by atoms with Gasteiger partial charge in [-0.25, -0.2) is 0 Å². The number of carboxylic acids is 1. The van der Waals surface area contributed by atoms with Gasteiger partial charge in [0.2, 0.25) is 5.91 Å². The molecule has 128 valence electrons. The summed E-state index contributed by atoms with van der Waals surface area (Å²) in [5.41, 5.74) is 5.40. The van der Waals surface area contributed by atoms with Gasteiger partial charge in [-0.3, -0.25) is 18.9 Å². The van der Waals surface area contributed by atoms with Gasteiger partial charge in [0, 0.05) is 10.9 Å². The molecule has 0 aliphatic rings. The normalized spacial score (nSPS) is 10.6. The van der Waals surface area contributed by atoms with Crippen molar-refractivity contribution in [3.63, 3.8) is 0 Å². The van der Waals surface area contributed by atoms with E-state index in [0.29, 0.717) is 5.39 Å². The van der Waals surface area contributed by atoms with Gasteiger partial charge in [0.05, 0.1) is 0 Å². The monoisotopic (exact) mass is 353 g/mol. The van der Waals surface area contributed by atoms with Gasteiger partial charge in [0.15, 0.2) is 0 Å². The Morgan fingerprint density at radius 2 is 1.58 bits per heavy atom. The molecule has 0 fully saturated rings. The summed E-state index contributed by atoms with van der Waals surface area (Å²) in [6, 6.07) is 8.80. The number of benzene rings is 2. The molecule has 0 saturated heterocycles. The van der Waals surface area contributed by atoms with Crippen LogP contribution in [0.4, 0.5) is 0 Å². The first-order valence-corrected chi connectivity index (χ1v) is 7.98. The summed E-state index contributed by atoms with van der Waals surface area (Å²) in [6.45, 7) is 1.24. The first kappa shape index (κ1) is 19.3. The number of ketones is 1. The molecule has 8 nitrogen and oxygen atoms in total. The summed E-state index contributed by atoms with van der Waals surface area (Å²) < 4.78 is 31.4. The molecule has 0 atom stereocenters. The number of Topliss-reactive ketones (excluding diaryl/α,β-unsaturated/α-hetero) is 1. The second-order valence-electron chi connectivity index (χ2n) is 4.77. The number of amides is 1. The Morgan fingerprint density at radius 3 is 1.96 bits per heavy atom. The molecule has 0 spiro atoms. The highest BCUT2D eigenvalue weighted by molar-refractivity contribution is 7.86. The molecule has 2 aromatic rings. The number of aliphatic carboxylic acids is 1. The van der Waals surface area contributed by atoms with Gasteiger partial charge in [0.1, 0.15) is 17.1 Å². The van der Waals surface area contributed by atoms with Crippen molar-refractivity contribution in [2.24, 2.45) is 5.73 Å². The summed E-state index contributed by atoms with van der Waals surface area (Å²) in [5, 5.41) is 8.53. The Labute approximate surface area is 137 Å². The van der Waals surface area contributed by atoms with Gasteiger partial charge in [-0.05, 0) is 24.4 Å². The highest BCUT2D eigenvalue weighted by Crippen LogP contribution is 2.25. The fourth-order valence-corrected chi connectivity index (χ4v) is 2.62. The zero-order valence-corrected chi connectivity index (χ0v) is 13.4. The average Bonchev–Trinajstić information content (AvgIpc) is 2.44. The second kappa shape index (κ2) is 7.66. The largest absolute Gasteiger partial charge is 0.481 e. The molecule has 0 unspecified atom stereocenters. The van der Waals surface area contributed by atoms with Crippen LogP contribution in [0.5, 0.6) is 0 Å². The molecule has 2 aromatic carbocycles. The zero-order valence-electron chi connectivity index (χ0n) is 12.6. The van der Waals surface area contributed by atoms with E-state index in [1.807, 2.05) is 0 Å². The zero-order chi connectivity index (χ0) is 18.5. The van der Waals surface area contributed by atoms with E-state index in [0.717, 1.165) is 6.07 Å². The summed E-state index contributed by atoms with van der Waals surface area (Å²) >= 11 is 0. The molecule has 0 bridgehead atoms. The van der Waals surface area contributed by atoms with Crippen molar-refractivity contribution in [3.05, 3.63) is 42.0 Å². The quantitative estimate of drug-likeness (QED) is 0.552. The van der Waals surface area contributed by atoms with E-state index in [1.54, 1.807) is 18.2 Å². The lowest BCUT2D eigenvalue weighted by Gasteiger charge is -2.06. The van der Waals surface area contributed by atoms with Crippen LogP contribution in [-0.4, -0.2) is 35.7 Å². The molecule has 9 heteroatoms. The molecule has 0 aliphatic carbocycles. The number of nitrogens with two attached hydrogens (primary N) is 1. The van der Waals surface area contributed by atoms with E-state index >= 15 is 0 Å². The Balaban J connectivity index is 0.000000351. The number of rotatable bonds is 4. The fourth-order valence-electron chi connectivity index (χ4n) is 1.92. The standard InChI is InChI=1S/C11H9NO4S.C4H6O3/c12-11(13)9-5-6-10(17(14,15)16)8-4-2-1-3-7(8)9;1-3(5)2-4(6)7/h1-6H,(H2,12,13)(H,14,15,16);2H2,1H3,(H,6,7). The molecule has 0 aliphatic heterocycles. The topological polar surface area (TPSA) is 152 Å². The van der Waals surface area contributed by atoms with Crippen molar-refractivity contribution in [1.82, 2.24) is 0 Å². The third-order valence-electron chi connectivity index (χ3n) is 2.83. The minimum atomic E-state index is -4.32. The minimum Gasteiger partial charge on any atom is -0.481 e. The van der Waals surface area contributed by atoms with E-state index in [-0.39, 0.29) is 28.0 Å². The molecule has 0 aromatic heterocycles. The van der Waals surface area contributed by atoms with Gasteiger partial charge >= 0.3 is 5.97 Å². The van der Waals surface area contributed by atoms with E-state index < -0.39 is 22.0 Å². The first-order valence-electron chi connectivity index (χ1n) is 6.54. The Morgan fingerprint density at radius 1 is 1.04 bits per heavy atom. The van der Waals surface area contributed by atoms with E-state index in [2.05, 4.69) is 0 Å². The van der Waals surface area contributed by atoms with Crippen LogP contribution in [0.2, 0.25) is 0 Å². The van der Waals surface area contributed by atoms with Crippen molar-refractivity contribution in [2.45, 2.75) is 18.2 Å². The van der Waals surface area contributed by atoms with E-state index in [9.17, 15) is 22.8 Å². The highest BCUT2D eigenvalue weighted by atomic mass is 32.2. The first-order chi connectivity index (χ1) is 11.0. The summed E-state index contributed by atoms with van der Waals surface area (Å²) in [6.07, 6.45) is -0.361. The van der Waals surface area contributed by atoms with Gasteiger partial charge < -0.3 is 10.8 Å². The van der Waals surface area contributed by atoms with Crippen LogP contribution in [0, 0.1) is 0 Å². The number of carbonyl (C=O) groups is 3. The lowest BCUT2D eigenvalue weighted by molar-refractivity contribution is -0.139. The maximum Gasteiger partial charge on any atom is 0.310 e. The molecular weight excluding hydrogens is 338 g/mol. The fraction of sp³-hybridized carbons (Fsp3) is 0.133. The number of hydrogen-bond donors (Lipinski definition) is 3. The minimum absolute atomic E-state index is 0.216. The molecule has 4 N–H and O–H groups in total. The van der Waals surface area contributed by atoms with Crippen molar-refractivity contribution in [3.8, 4) is 0 Å². The Kier molecular flexibility index (Phi) is 6.15. The smallest absolute Gasteiger partial charge is 0.310 e. The van der Waals surface area contributed by atoms with Crippen LogP contribution in [-0.2, 0) is 19.7 Å². The van der Waals surface area contributed by atoms with Crippen molar-refractivity contribution in [1.29, 1.82) is 0 Å². The Bertz CT molecular complexity index is 891. The van der Waals surface area contributed by atoms with Gasteiger partial charge in [-0.15, -0.1) is 0 Å². The van der Waals surface area contributed by atoms with E-state index in [1.165, 1.54) is 19.1 Å². The van der Waals surface area contributed by atoms with Crippen molar-refractivity contribution < 1.29 is 32.5 Å².